The monoisotopic (exact) mass is 320 g/mol. The molecule has 21 heavy (non-hydrogen) atoms. The molecule has 1 aromatic heterocycles. The van der Waals surface area contributed by atoms with Gasteiger partial charge in [-0.1, -0.05) is 47.5 Å². The molecule has 0 bridgehead atoms. The van der Waals surface area contributed by atoms with Crippen LogP contribution in [0.25, 0.3) is 0 Å². The molecule has 0 saturated heterocycles. The van der Waals surface area contributed by atoms with Gasteiger partial charge in [0.25, 0.3) is 5.91 Å². The zero-order valence-electron chi connectivity index (χ0n) is 11.4. The van der Waals surface area contributed by atoms with Gasteiger partial charge in [0.1, 0.15) is 10.8 Å². The lowest BCUT2D eigenvalue weighted by atomic mass is 10.0. The first-order valence-corrected chi connectivity index (χ1v) is 7.59. The van der Waals surface area contributed by atoms with Gasteiger partial charge in [0.2, 0.25) is 0 Å². The van der Waals surface area contributed by atoms with Gasteiger partial charge in [0.05, 0.1) is 5.02 Å². The van der Waals surface area contributed by atoms with Crippen molar-refractivity contribution in [1.29, 1.82) is 0 Å². The molecule has 3 rings (SSSR count). The molecular weight excluding hydrogens is 307 g/mol. The third-order valence-corrected chi connectivity index (χ3v) is 4.17. The normalized spacial score (nSPS) is 14.5. The molecule has 2 heterocycles. The molecule has 3 nitrogen and oxygen atoms in total. The fourth-order valence-electron chi connectivity index (χ4n) is 2.59. The number of hydrogen-bond acceptors (Lipinski definition) is 2. The van der Waals surface area contributed by atoms with Crippen LogP contribution in [-0.2, 0) is 13.0 Å². The maximum atomic E-state index is 12.7. The topological polar surface area (TPSA) is 33.2 Å². The van der Waals surface area contributed by atoms with Crippen LogP contribution in [0, 0.1) is 0 Å². The molecule has 0 spiro atoms. The van der Waals surface area contributed by atoms with E-state index in [2.05, 4.69) is 17.1 Å². The lowest BCUT2D eigenvalue weighted by molar-refractivity contribution is 0.0740. The van der Waals surface area contributed by atoms with Crippen molar-refractivity contribution in [3.8, 4) is 0 Å². The van der Waals surface area contributed by atoms with Crippen LogP contribution in [0.1, 0.15) is 28.0 Å². The average molecular weight is 321 g/mol. The summed E-state index contributed by atoms with van der Waals surface area (Å²) < 4.78 is 0. The van der Waals surface area contributed by atoms with E-state index in [4.69, 9.17) is 23.2 Å². The third-order valence-electron chi connectivity index (χ3n) is 3.66. The minimum Gasteiger partial charge on any atom is -0.333 e. The summed E-state index contributed by atoms with van der Waals surface area (Å²) in [6.45, 7) is 1.28. The van der Waals surface area contributed by atoms with Crippen LogP contribution in [-0.4, -0.2) is 22.3 Å². The van der Waals surface area contributed by atoms with Gasteiger partial charge in [-0.25, -0.2) is 4.98 Å². The fourth-order valence-corrected chi connectivity index (χ4v) is 2.93. The zero-order chi connectivity index (χ0) is 14.8. The van der Waals surface area contributed by atoms with Crippen molar-refractivity contribution in [3.63, 3.8) is 0 Å². The number of benzene rings is 1. The van der Waals surface area contributed by atoms with Crippen LogP contribution in [0.2, 0.25) is 10.2 Å². The molecule has 1 aromatic carbocycles. The average Bonchev–Trinajstić information content (AvgIpc) is 2.71. The first kappa shape index (κ1) is 14.4. The Labute approximate surface area is 133 Å². The summed E-state index contributed by atoms with van der Waals surface area (Å²) in [5.41, 5.74) is 2.71. The molecule has 5 heteroatoms. The highest BCUT2D eigenvalue weighted by Gasteiger charge is 2.23. The van der Waals surface area contributed by atoms with Crippen molar-refractivity contribution in [2.24, 2.45) is 0 Å². The second-order valence-corrected chi connectivity index (χ2v) is 5.86. The van der Waals surface area contributed by atoms with Crippen LogP contribution in [0.4, 0.5) is 0 Å². The van der Waals surface area contributed by atoms with Gasteiger partial charge in [-0.05, 0) is 36.1 Å². The van der Waals surface area contributed by atoms with E-state index >= 15 is 0 Å². The Bertz CT molecular complexity index is 688. The van der Waals surface area contributed by atoms with Crippen LogP contribution in [0.5, 0.6) is 0 Å². The summed E-state index contributed by atoms with van der Waals surface area (Å²) in [5.74, 6) is -0.167. The summed E-state index contributed by atoms with van der Waals surface area (Å²) in [5, 5.41) is 0.611. The van der Waals surface area contributed by atoms with Gasteiger partial charge in [-0.2, -0.15) is 0 Å². The lowest BCUT2D eigenvalue weighted by Crippen LogP contribution is -2.31. The molecule has 0 unspecified atom stereocenters. The van der Waals surface area contributed by atoms with Crippen LogP contribution < -0.4 is 0 Å². The van der Waals surface area contributed by atoms with Gasteiger partial charge in [-0.3, -0.25) is 4.79 Å². The third kappa shape index (κ3) is 3.04. The van der Waals surface area contributed by atoms with E-state index in [-0.39, 0.29) is 16.8 Å². The van der Waals surface area contributed by atoms with Crippen LogP contribution in [0.3, 0.4) is 0 Å². The van der Waals surface area contributed by atoms with Crippen molar-refractivity contribution < 1.29 is 4.79 Å². The number of rotatable bonds is 1. The molecule has 108 valence electrons. The first-order chi connectivity index (χ1) is 10.1. The van der Waals surface area contributed by atoms with Gasteiger partial charge in [-0.15, -0.1) is 0 Å². The predicted molar refractivity (Wildman–Crippen MR) is 83.8 cm³/mol. The van der Waals surface area contributed by atoms with Gasteiger partial charge < -0.3 is 4.90 Å². The maximum Gasteiger partial charge on any atom is 0.274 e. The number of hydrogen-bond donors (Lipinski definition) is 0. The number of amides is 1. The Morgan fingerprint density at radius 1 is 1.10 bits per heavy atom. The van der Waals surface area contributed by atoms with Crippen molar-refractivity contribution in [1.82, 2.24) is 9.88 Å². The molecule has 2 aromatic rings. The summed E-state index contributed by atoms with van der Waals surface area (Å²) in [6, 6.07) is 11.4. The van der Waals surface area contributed by atoms with Gasteiger partial charge in [0, 0.05) is 13.1 Å². The Hall–Kier alpha value is -1.58. The van der Waals surface area contributed by atoms with E-state index in [1.807, 2.05) is 12.1 Å². The smallest absolute Gasteiger partial charge is 0.274 e. The number of halogens is 2. The van der Waals surface area contributed by atoms with Crippen molar-refractivity contribution in [2.75, 3.05) is 6.54 Å². The Morgan fingerprint density at radius 3 is 2.67 bits per heavy atom. The summed E-state index contributed by atoms with van der Waals surface area (Å²) >= 11 is 12.0. The molecule has 0 aliphatic carbocycles. The van der Waals surface area contributed by atoms with Gasteiger partial charge >= 0.3 is 0 Å². The highest BCUT2D eigenvalue weighted by atomic mass is 35.5. The van der Waals surface area contributed by atoms with Crippen molar-refractivity contribution in [3.05, 3.63) is 63.4 Å². The number of nitrogens with zero attached hydrogens (tertiary/aromatic N) is 2. The maximum absolute atomic E-state index is 12.7. The van der Waals surface area contributed by atoms with E-state index in [1.165, 1.54) is 11.1 Å². The minimum absolute atomic E-state index is 0.167. The molecule has 1 aliphatic rings. The quantitative estimate of drug-likeness (QED) is 0.745. The number of aryl methyl sites for hydroxylation is 1. The molecule has 0 fully saturated rings. The second-order valence-electron chi connectivity index (χ2n) is 5.06. The highest BCUT2D eigenvalue weighted by Crippen LogP contribution is 2.23. The Balaban J connectivity index is 1.90. The number of carbonyl (C=O) groups is 1. The van der Waals surface area contributed by atoms with Gasteiger partial charge in [0.15, 0.2) is 0 Å². The van der Waals surface area contributed by atoms with Crippen molar-refractivity contribution >= 4 is 29.1 Å². The molecule has 0 N–H and O–H groups in total. The number of pyridine rings is 1. The number of aromatic nitrogens is 1. The Kier molecular flexibility index (Phi) is 4.13. The predicted octanol–water partition coefficient (Wildman–Crippen LogP) is 3.98. The van der Waals surface area contributed by atoms with E-state index in [0.717, 1.165) is 12.8 Å². The first-order valence-electron chi connectivity index (χ1n) is 6.83. The zero-order valence-corrected chi connectivity index (χ0v) is 12.9. The molecule has 0 saturated carbocycles. The molecule has 0 radical (unpaired) electrons. The van der Waals surface area contributed by atoms with E-state index in [0.29, 0.717) is 18.1 Å². The minimum atomic E-state index is -0.167. The second kappa shape index (κ2) is 6.04. The molecule has 1 amide bonds. The van der Waals surface area contributed by atoms with Crippen LogP contribution in [0.15, 0.2) is 36.4 Å². The number of carbonyl (C=O) groups excluding carboxylic acids is 1. The highest BCUT2D eigenvalue weighted by molar-refractivity contribution is 6.34. The lowest BCUT2D eigenvalue weighted by Gasteiger charge is -2.21. The molecular formula is C16H14Cl2N2O. The molecule has 0 atom stereocenters. The SMILES string of the molecule is O=C(c1nc(Cl)ccc1Cl)N1CCCc2ccccc2C1. The molecule has 1 aliphatic heterocycles. The Morgan fingerprint density at radius 2 is 1.86 bits per heavy atom. The standard InChI is InChI=1S/C16H14Cl2N2O/c17-13-7-8-14(18)19-15(13)16(21)20-9-3-6-11-4-1-2-5-12(11)10-20/h1-2,4-5,7-8H,3,6,9-10H2. The number of fused-ring (bicyclic) bond motifs is 1. The van der Waals surface area contributed by atoms with Crippen molar-refractivity contribution in [2.45, 2.75) is 19.4 Å². The summed E-state index contributed by atoms with van der Waals surface area (Å²) in [6.07, 6.45) is 1.91. The van der Waals surface area contributed by atoms with Crippen LogP contribution >= 0.6 is 23.2 Å². The van der Waals surface area contributed by atoms with E-state index in [1.54, 1.807) is 17.0 Å². The largest absolute Gasteiger partial charge is 0.333 e. The summed E-state index contributed by atoms with van der Waals surface area (Å²) in [4.78, 5) is 18.5. The van der Waals surface area contributed by atoms with E-state index in [9.17, 15) is 4.79 Å². The fraction of sp³-hybridized carbons (Fsp3) is 0.250. The van der Waals surface area contributed by atoms with E-state index < -0.39 is 0 Å². The summed E-state index contributed by atoms with van der Waals surface area (Å²) in [7, 11) is 0.